The molecule has 0 spiro atoms. The first-order valence-corrected chi connectivity index (χ1v) is 6.75. The number of halogens is 1. The number of benzene rings is 2. The molecule has 0 atom stereocenters. The van der Waals surface area contributed by atoms with Crippen molar-refractivity contribution in [1.29, 1.82) is 0 Å². The fourth-order valence-corrected chi connectivity index (χ4v) is 2.04. The van der Waals surface area contributed by atoms with Gasteiger partial charge in [-0.25, -0.2) is 0 Å². The van der Waals surface area contributed by atoms with Crippen LogP contribution in [0.15, 0.2) is 42.5 Å². The van der Waals surface area contributed by atoms with Crippen LogP contribution < -0.4 is 4.74 Å². The Bertz CT molecular complexity index is 552. The summed E-state index contributed by atoms with van der Waals surface area (Å²) < 4.78 is 10.8. The highest BCUT2D eigenvalue weighted by molar-refractivity contribution is 6.30. The van der Waals surface area contributed by atoms with Crippen LogP contribution in [0.1, 0.15) is 11.1 Å². The second-order valence-electron chi connectivity index (χ2n) is 4.40. The van der Waals surface area contributed by atoms with Crippen molar-refractivity contribution >= 4 is 11.6 Å². The van der Waals surface area contributed by atoms with E-state index in [1.165, 1.54) is 5.56 Å². The van der Waals surface area contributed by atoms with Gasteiger partial charge >= 0.3 is 0 Å². The molecule has 0 radical (unpaired) electrons. The summed E-state index contributed by atoms with van der Waals surface area (Å²) in [4.78, 5) is 0. The maximum absolute atomic E-state index is 9.31. The quantitative estimate of drug-likeness (QED) is 0.880. The van der Waals surface area contributed by atoms with Crippen LogP contribution in [0.5, 0.6) is 11.5 Å². The Kier molecular flexibility index (Phi) is 5.41. The van der Waals surface area contributed by atoms with Gasteiger partial charge in [-0.15, -0.1) is 0 Å². The second kappa shape index (κ2) is 7.29. The smallest absolute Gasteiger partial charge is 0.133 e. The molecule has 0 saturated heterocycles. The standard InChI is InChI=1S/C16H17ClO3/c1-19-9-8-12-2-5-15(6-3-12)20-16-7-4-14(17)10-13(16)11-18/h2-7,10,18H,8-9,11H2,1H3. The summed E-state index contributed by atoms with van der Waals surface area (Å²) >= 11 is 5.89. The summed E-state index contributed by atoms with van der Waals surface area (Å²) in [5.41, 5.74) is 1.86. The fraction of sp³-hybridized carbons (Fsp3) is 0.250. The monoisotopic (exact) mass is 292 g/mol. The molecule has 0 bridgehead atoms. The molecule has 2 aromatic carbocycles. The Morgan fingerprint density at radius 2 is 1.85 bits per heavy atom. The molecule has 20 heavy (non-hydrogen) atoms. The fourth-order valence-electron chi connectivity index (χ4n) is 1.84. The van der Waals surface area contributed by atoms with Crippen LogP contribution in [0.25, 0.3) is 0 Å². The van der Waals surface area contributed by atoms with Crippen molar-refractivity contribution < 1.29 is 14.6 Å². The highest BCUT2D eigenvalue weighted by Gasteiger charge is 2.05. The molecule has 0 heterocycles. The summed E-state index contributed by atoms with van der Waals surface area (Å²) in [7, 11) is 1.69. The van der Waals surface area contributed by atoms with E-state index in [0.717, 1.165) is 12.2 Å². The van der Waals surface area contributed by atoms with Crippen molar-refractivity contribution in [2.45, 2.75) is 13.0 Å². The Morgan fingerprint density at radius 3 is 2.50 bits per heavy atom. The molecule has 0 aliphatic carbocycles. The number of hydrogen-bond donors (Lipinski definition) is 1. The predicted molar refractivity (Wildman–Crippen MR) is 79.5 cm³/mol. The third-order valence-electron chi connectivity index (χ3n) is 2.94. The number of aliphatic hydroxyl groups excluding tert-OH is 1. The van der Waals surface area contributed by atoms with Crippen molar-refractivity contribution in [2.75, 3.05) is 13.7 Å². The molecule has 3 nitrogen and oxygen atoms in total. The molecule has 0 aromatic heterocycles. The van der Waals surface area contributed by atoms with E-state index in [9.17, 15) is 5.11 Å². The lowest BCUT2D eigenvalue weighted by atomic mass is 10.1. The minimum absolute atomic E-state index is 0.109. The molecule has 0 saturated carbocycles. The SMILES string of the molecule is COCCc1ccc(Oc2ccc(Cl)cc2CO)cc1. The maximum Gasteiger partial charge on any atom is 0.133 e. The van der Waals surface area contributed by atoms with E-state index in [2.05, 4.69) is 0 Å². The zero-order valence-corrected chi connectivity index (χ0v) is 12.1. The first-order valence-electron chi connectivity index (χ1n) is 6.38. The number of hydrogen-bond acceptors (Lipinski definition) is 3. The molecule has 0 amide bonds. The van der Waals surface area contributed by atoms with Crippen molar-refractivity contribution in [3.8, 4) is 11.5 Å². The topological polar surface area (TPSA) is 38.7 Å². The third-order valence-corrected chi connectivity index (χ3v) is 3.17. The molecule has 4 heteroatoms. The van der Waals surface area contributed by atoms with E-state index >= 15 is 0 Å². The van der Waals surface area contributed by atoms with E-state index in [0.29, 0.717) is 22.9 Å². The van der Waals surface area contributed by atoms with Crippen molar-refractivity contribution in [1.82, 2.24) is 0 Å². The van der Waals surface area contributed by atoms with E-state index in [1.54, 1.807) is 25.3 Å². The van der Waals surface area contributed by atoms with Gasteiger partial charge in [0.25, 0.3) is 0 Å². The first-order chi connectivity index (χ1) is 9.72. The molecular weight excluding hydrogens is 276 g/mol. The van der Waals surface area contributed by atoms with Crippen molar-refractivity contribution in [3.63, 3.8) is 0 Å². The predicted octanol–water partition coefficient (Wildman–Crippen LogP) is 3.81. The Labute approximate surface area is 123 Å². The van der Waals surface area contributed by atoms with Crippen LogP contribution in [-0.2, 0) is 17.8 Å². The van der Waals surface area contributed by atoms with Gasteiger partial charge in [0.1, 0.15) is 11.5 Å². The number of methoxy groups -OCH3 is 1. The van der Waals surface area contributed by atoms with Gasteiger partial charge in [0.2, 0.25) is 0 Å². The molecule has 0 fully saturated rings. The highest BCUT2D eigenvalue weighted by atomic mass is 35.5. The van der Waals surface area contributed by atoms with Gasteiger partial charge in [-0.05, 0) is 42.3 Å². The van der Waals surface area contributed by atoms with E-state index in [1.807, 2.05) is 24.3 Å². The molecule has 106 valence electrons. The Balaban J connectivity index is 2.10. The summed E-state index contributed by atoms with van der Waals surface area (Å²) in [5.74, 6) is 1.34. The maximum atomic E-state index is 9.31. The van der Waals surface area contributed by atoms with Gasteiger partial charge in [0.05, 0.1) is 13.2 Å². The summed E-state index contributed by atoms with van der Waals surface area (Å²) in [6.07, 6.45) is 0.875. The average molecular weight is 293 g/mol. The minimum Gasteiger partial charge on any atom is -0.457 e. The molecular formula is C16H17ClO3. The molecule has 0 aliphatic rings. The molecule has 2 rings (SSSR count). The zero-order valence-electron chi connectivity index (χ0n) is 11.3. The van der Waals surface area contributed by atoms with Gasteiger partial charge < -0.3 is 14.6 Å². The average Bonchev–Trinajstić information content (AvgIpc) is 2.48. The number of rotatable bonds is 6. The lowest BCUT2D eigenvalue weighted by molar-refractivity contribution is 0.202. The highest BCUT2D eigenvalue weighted by Crippen LogP contribution is 2.28. The van der Waals surface area contributed by atoms with Crippen molar-refractivity contribution in [2.24, 2.45) is 0 Å². The lowest BCUT2D eigenvalue weighted by Crippen LogP contribution is -1.95. The summed E-state index contributed by atoms with van der Waals surface area (Å²) in [6.45, 7) is 0.591. The number of ether oxygens (including phenoxy) is 2. The Hall–Kier alpha value is -1.55. The van der Waals surface area contributed by atoms with Gasteiger partial charge in [-0.1, -0.05) is 23.7 Å². The van der Waals surface area contributed by atoms with Crippen molar-refractivity contribution in [3.05, 3.63) is 58.6 Å². The van der Waals surface area contributed by atoms with Crippen LogP contribution in [0.3, 0.4) is 0 Å². The van der Waals surface area contributed by atoms with Crippen LogP contribution >= 0.6 is 11.6 Å². The minimum atomic E-state index is -0.109. The first kappa shape index (κ1) is 14.9. The van der Waals surface area contributed by atoms with Crippen LogP contribution in [-0.4, -0.2) is 18.8 Å². The largest absolute Gasteiger partial charge is 0.457 e. The van der Waals surface area contributed by atoms with Crippen LogP contribution in [0.2, 0.25) is 5.02 Å². The lowest BCUT2D eigenvalue weighted by Gasteiger charge is -2.10. The van der Waals surface area contributed by atoms with Gasteiger partial charge in [-0.2, -0.15) is 0 Å². The van der Waals surface area contributed by atoms with Gasteiger partial charge in [0.15, 0.2) is 0 Å². The van der Waals surface area contributed by atoms with Gasteiger partial charge in [0, 0.05) is 17.7 Å². The second-order valence-corrected chi connectivity index (χ2v) is 4.84. The summed E-state index contributed by atoms with van der Waals surface area (Å²) in [5, 5.41) is 9.89. The molecule has 2 aromatic rings. The van der Waals surface area contributed by atoms with E-state index in [4.69, 9.17) is 21.1 Å². The molecule has 0 aliphatic heterocycles. The third kappa shape index (κ3) is 3.97. The van der Waals surface area contributed by atoms with E-state index in [-0.39, 0.29) is 6.61 Å². The normalized spacial score (nSPS) is 10.6. The van der Waals surface area contributed by atoms with Crippen LogP contribution in [0.4, 0.5) is 0 Å². The zero-order chi connectivity index (χ0) is 14.4. The molecule has 0 unspecified atom stereocenters. The number of aliphatic hydroxyl groups is 1. The van der Waals surface area contributed by atoms with E-state index < -0.39 is 0 Å². The molecule has 1 N–H and O–H groups in total. The summed E-state index contributed by atoms with van der Waals surface area (Å²) in [6, 6.07) is 13.0. The Morgan fingerprint density at radius 1 is 1.10 bits per heavy atom. The van der Waals surface area contributed by atoms with Gasteiger partial charge in [-0.3, -0.25) is 0 Å². The van der Waals surface area contributed by atoms with Crippen LogP contribution in [0, 0.1) is 0 Å².